The molecule has 168 valence electrons. The molecule has 0 saturated carbocycles. The quantitative estimate of drug-likeness (QED) is 0.662. The normalized spacial score (nSPS) is 17.2. The molecule has 9 nitrogen and oxygen atoms in total. The molecule has 31 heavy (non-hydrogen) atoms. The van der Waals surface area contributed by atoms with Gasteiger partial charge in [-0.2, -0.15) is 0 Å². The van der Waals surface area contributed by atoms with Gasteiger partial charge in [0.15, 0.2) is 0 Å². The van der Waals surface area contributed by atoms with E-state index < -0.39 is 17.4 Å². The second-order valence-electron chi connectivity index (χ2n) is 8.32. The van der Waals surface area contributed by atoms with Crippen LogP contribution in [-0.2, 0) is 14.3 Å². The van der Waals surface area contributed by atoms with Crippen molar-refractivity contribution in [2.75, 3.05) is 49.5 Å². The Morgan fingerprint density at radius 3 is 2.45 bits per heavy atom. The Hall–Kier alpha value is -2.78. The third-order valence-electron chi connectivity index (χ3n) is 4.83. The molecule has 1 saturated heterocycles. The molecule has 10 heteroatoms. The second kappa shape index (κ2) is 9.15. The molecule has 0 atom stereocenters. The number of piperazine rings is 1. The van der Waals surface area contributed by atoms with E-state index in [1.807, 2.05) is 26.8 Å². The molecule has 0 aliphatic carbocycles. The van der Waals surface area contributed by atoms with E-state index in [1.54, 1.807) is 17.0 Å². The zero-order valence-electron chi connectivity index (χ0n) is 17.9. The highest BCUT2D eigenvalue weighted by Crippen LogP contribution is 2.31. The van der Waals surface area contributed by atoms with Crippen molar-refractivity contribution in [1.29, 1.82) is 0 Å². The first-order chi connectivity index (χ1) is 14.6. The topological polar surface area (TPSA) is 102 Å². The number of nitrogens with zero attached hydrogens (tertiary/aromatic N) is 3. The Bertz CT molecular complexity index is 904. The SMILES string of the molecule is CC(C)(C)OC(=O)N1CCN(c2ccc(NC3=CC(=O)N(CCO)C3=O)cc2Cl)CC1. The highest BCUT2D eigenvalue weighted by atomic mass is 35.5. The lowest BCUT2D eigenvalue weighted by atomic mass is 10.2. The largest absolute Gasteiger partial charge is 0.444 e. The van der Waals surface area contributed by atoms with E-state index in [1.165, 1.54) is 6.08 Å². The number of amides is 3. The maximum atomic E-state index is 12.3. The Kier molecular flexibility index (Phi) is 6.76. The Morgan fingerprint density at radius 2 is 1.87 bits per heavy atom. The standard InChI is InChI=1S/C21H27ClN4O5/c1-21(2,3)31-20(30)25-8-6-24(7-9-25)17-5-4-14(12-15(17)22)23-16-13-18(28)26(10-11-27)19(16)29/h4-5,12-13,23,27H,6-11H2,1-3H3. The monoisotopic (exact) mass is 450 g/mol. The van der Waals surface area contributed by atoms with Crippen LogP contribution in [0.1, 0.15) is 20.8 Å². The molecule has 2 heterocycles. The maximum Gasteiger partial charge on any atom is 0.410 e. The van der Waals surface area contributed by atoms with Crippen molar-refractivity contribution in [3.8, 4) is 0 Å². The van der Waals surface area contributed by atoms with Crippen LogP contribution in [0, 0.1) is 0 Å². The molecule has 3 amide bonds. The first-order valence-corrected chi connectivity index (χ1v) is 10.4. The van der Waals surface area contributed by atoms with Gasteiger partial charge in [-0.3, -0.25) is 14.5 Å². The molecule has 2 N–H and O–H groups in total. The van der Waals surface area contributed by atoms with Crippen LogP contribution in [0.4, 0.5) is 16.2 Å². The van der Waals surface area contributed by atoms with Gasteiger partial charge in [-0.25, -0.2) is 4.79 Å². The number of nitrogens with one attached hydrogen (secondary N) is 1. The summed E-state index contributed by atoms with van der Waals surface area (Å²) < 4.78 is 5.42. The number of hydrogen-bond donors (Lipinski definition) is 2. The number of β-amino-alcohol motifs (C(OH)–C–C–N with tert-alkyl or cyclic N) is 1. The van der Waals surface area contributed by atoms with Crippen molar-refractivity contribution < 1.29 is 24.2 Å². The summed E-state index contributed by atoms with van der Waals surface area (Å²) in [7, 11) is 0. The predicted octanol–water partition coefficient (Wildman–Crippen LogP) is 2.05. The summed E-state index contributed by atoms with van der Waals surface area (Å²) in [4.78, 5) is 41.1. The van der Waals surface area contributed by atoms with Crippen molar-refractivity contribution in [3.05, 3.63) is 35.0 Å². The fraction of sp³-hybridized carbons (Fsp3) is 0.476. The molecule has 0 aromatic heterocycles. The van der Waals surface area contributed by atoms with Gasteiger partial charge in [-0.1, -0.05) is 11.6 Å². The summed E-state index contributed by atoms with van der Waals surface area (Å²) in [6.07, 6.45) is 0.882. The molecular weight excluding hydrogens is 424 g/mol. The average Bonchev–Trinajstić information content (AvgIpc) is 2.95. The number of benzene rings is 1. The Balaban J connectivity index is 1.61. The Morgan fingerprint density at radius 1 is 1.19 bits per heavy atom. The molecule has 0 unspecified atom stereocenters. The van der Waals surface area contributed by atoms with Crippen LogP contribution in [0.3, 0.4) is 0 Å². The summed E-state index contributed by atoms with van der Waals surface area (Å²) in [5, 5.41) is 12.4. The Labute approximate surface area is 186 Å². The van der Waals surface area contributed by atoms with Crippen molar-refractivity contribution in [1.82, 2.24) is 9.80 Å². The van der Waals surface area contributed by atoms with E-state index in [-0.39, 0.29) is 24.9 Å². The molecule has 1 aromatic rings. The lowest BCUT2D eigenvalue weighted by Crippen LogP contribution is -2.50. The van der Waals surface area contributed by atoms with Gasteiger partial charge in [0.05, 0.1) is 23.9 Å². The minimum atomic E-state index is -0.532. The van der Waals surface area contributed by atoms with Crippen LogP contribution >= 0.6 is 11.6 Å². The number of aliphatic hydroxyl groups excluding tert-OH is 1. The van der Waals surface area contributed by atoms with Crippen LogP contribution in [0.25, 0.3) is 0 Å². The number of halogens is 1. The summed E-state index contributed by atoms with van der Waals surface area (Å²) in [5.41, 5.74) is 0.990. The number of rotatable bonds is 5. The highest BCUT2D eigenvalue weighted by Gasteiger charge is 2.31. The van der Waals surface area contributed by atoms with E-state index >= 15 is 0 Å². The molecule has 3 rings (SSSR count). The van der Waals surface area contributed by atoms with Crippen LogP contribution in [0.2, 0.25) is 5.02 Å². The zero-order chi connectivity index (χ0) is 22.8. The predicted molar refractivity (Wildman–Crippen MR) is 117 cm³/mol. The van der Waals surface area contributed by atoms with Crippen LogP contribution in [0.5, 0.6) is 0 Å². The molecule has 0 bridgehead atoms. The molecule has 2 aliphatic rings. The van der Waals surface area contributed by atoms with E-state index in [0.29, 0.717) is 36.9 Å². The second-order valence-corrected chi connectivity index (χ2v) is 8.73. The first kappa shape index (κ1) is 22.9. The van der Waals surface area contributed by atoms with Crippen molar-refractivity contribution in [2.45, 2.75) is 26.4 Å². The summed E-state index contributed by atoms with van der Waals surface area (Å²) in [5.74, 6) is -0.954. The van der Waals surface area contributed by atoms with Gasteiger partial charge in [-0.05, 0) is 39.0 Å². The molecule has 2 aliphatic heterocycles. The number of carbonyl (C=O) groups is 3. The summed E-state index contributed by atoms with van der Waals surface area (Å²) >= 11 is 6.48. The maximum absolute atomic E-state index is 12.3. The lowest BCUT2D eigenvalue weighted by Gasteiger charge is -2.37. The number of ether oxygens (including phenoxy) is 1. The fourth-order valence-corrected chi connectivity index (χ4v) is 3.66. The van der Waals surface area contributed by atoms with Crippen molar-refractivity contribution in [2.24, 2.45) is 0 Å². The van der Waals surface area contributed by atoms with Gasteiger partial charge in [0.1, 0.15) is 11.3 Å². The molecule has 0 spiro atoms. The number of carbonyl (C=O) groups excluding carboxylic acids is 3. The molecule has 0 radical (unpaired) electrons. The van der Waals surface area contributed by atoms with E-state index in [2.05, 4.69) is 10.2 Å². The summed E-state index contributed by atoms with van der Waals surface area (Å²) in [6, 6.07) is 5.29. The minimum absolute atomic E-state index is 0.0473. The number of hydrogen-bond acceptors (Lipinski definition) is 7. The average molecular weight is 451 g/mol. The van der Waals surface area contributed by atoms with Crippen LogP contribution < -0.4 is 10.2 Å². The molecule has 1 aromatic carbocycles. The number of aliphatic hydroxyl groups is 1. The third-order valence-corrected chi connectivity index (χ3v) is 5.13. The van der Waals surface area contributed by atoms with Gasteiger partial charge in [-0.15, -0.1) is 0 Å². The van der Waals surface area contributed by atoms with E-state index in [4.69, 9.17) is 21.4 Å². The molecular formula is C21H27ClN4O5. The van der Waals surface area contributed by atoms with Gasteiger partial charge < -0.3 is 25.0 Å². The summed E-state index contributed by atoms with van der Waals surface area (Å²) in [6.45, 7) is 7.45. The fourth-order valence-electron chi connectivity index (χ4n) is 3.36. The zero-order valence-corrected chi connectivity index (χ0v) is 18.6. The highest BCUT2D eigenvalue weighted by molar-refractivity contribution is 6.33. The smallest absolute Gasteiger partial charge is 0.410 e. The van der Waals surface area contributed by atoms with Gasteiger partial charge in [0.2, 0.25) is 0 Å². The van der Waals surface area contributed by atoms with E-state index in [0.717, 1.165) is 10.6 Å². The van der Waals surface area contributed by atoms with E-state index in [9.17, 15) is 14.4 Å². The molecule has 1 fully saturated rings. The van der Waals surface area contributed by atoms with Crippen LogP contribution in [-0.4, -0.2) is 77.7 Å². The third kappa shape index (κ3) is 5.48. The minimum Gasteiger partial charge on any atom is -0.444 e. The van der Waals surface area contributed by atoms with Crippen molar-refractivity contribution >= 4 is 40.9 Å². The van der Waals surface area contributed by atoms with Gasteiger partial charge in [0.25, 0.3) is 11.8 Å². The first-order valence-electron chi connectivity index (χ1n) is 10.1. The number of imide groups is 1. The van der Waals surface area contributed by atoms with Crippen LogP contribution in [0.15, 0.2) is 30.0 Å². The van der Waals surface area contributed by atoms with Gasteiger partial charge >= 0.3 is 6.09 Å². The number of anilines is 2. The van der Waals surface area contributed by atoms with Gasteiger partial charge in [0, 0.05) is 37.9 Å². The van der Waals surface area contributed by atoms with Crippen molar-refractivity contribution in [3.63, 3.8) is 0 Å². The lowest BCUT2D eigenvalue weighted by molar-refractivity contribution is -0.137.